The predicted molar refractivity (Wildman–Crippen MR) is 71.5 cm³/mol. The summed E-state index contributed by atoms with van der Waals surface area (Å²) in [5.74, 6) is 6.40. The van der Waals surface area contributed by atoms with Crippen LogP contribution in [0.25, 0.3) is 6.08 Å². The lowest BCUT2D eigenvalue weighted by Crippen LogP contribution is -2.07. The van der Waals surface area contributed by atoms with E-state index in [0.717, 1.165) is 16.9 Å². The fraction of sp³-hybridized carbons (Fsp3) is 0.429. The predicted octanol–water partition coefficient (Wildman–Crippen LogP) is 4.04. The van der Waals surface area contributed by atoms with Crippen LogP contribution in [-0.4, -0.2) is 0 Å². The van der Waals surface area contributed by atoms with Crippen LogP contribution >= 0.6 is 0 Å². The first-order valence-corrected chi connectivity index (χ1v) is 5.73. The van der Waals surface area contributed by atoms with Gasteiger partial charge < -0.3 is 4.84 Å². The first-order valence-electron chi connectivity index (χ1n) is 5.73. The number of aryl methyl sites for hydroxylation is 1. The van der Waals surface area contributed by atoms with Crippen molar-refractivity contribution in [2.24, 2.45) is 5.90 Å². The molecule has 0 atom stereocenters. The minimum absolute atomic E-state index is 0.396. The molecule has 0 spiro atoms. The molecule has 0 aliphatic carbocycles. The van der Waals surface area contributed by atoms with Crippen LogP contribution in [0.1, 0.15) is 50.3 Å². The van der Waals surface area contributed by atoms with Crippen LogP contribution in [0.2, 0.25) is 0 Å². The topological polar surface area (TPSA) is 35.2 Å². The molecule has 0 saturated carbocycles. The molecule has 0 aromatic heterocycles. The third-order valence-corrected chi connectivity index (χ3v) is 2.25. The van der Waals surface area contributed by atoms with Crippen molar-refractivity contribution in [3.63, 3.8) is 0 Å². The normalized spacial score (nSPS) is 9.44. The van der Waals surface area contributed by atoms with Crippen molar-refractivity contribution >= 4 is 6.08 Å². The van der Waals surface area contributed by atoms with E-state index in [9.17, 15) is 0 Å². The third kappa shape index (κ3) is 3.38. The van der Waals surface area contributed by atoms with Crippen molar-refractivity contribution < 1.29 is 4.84 Å². The molecule has 0 aliphatic rings. The minimum atomic E-state index is 0.396. The average Bonchev–Trinajstić information content (AvgIpc) is 2.30. The molecule has 0 heterocycles. The minimum Gasteiger partial charge on any atom is -0.411 e. The van der Waals surface area contributed by atoms with Crippen molar-refractivity contribution in [1.82, 2.24) is 0 Å². The van der Waals surface area contributed by atoms with Crippen LogP contribution in [0.4, 0.5) is 0 Å². The number of rotatable bonds is 3. The molecule has 90 valence electrons. The number of hydrogen-bond acceptors (Lipinski definition) is 2. The number of hydrogen-bond donors (Lipinski definition) is 1. The largest absolute Gasteiger partial charge is 0.411 e. The van der Waals surface area contributed by atoms with E-state index in [2.05, 4.69) is 33.4 Å². The van der Waals surface area contributed by atoms with Crippen LogP contribution in [0.3, 0.4) is 0 Å². The summed E-state index contributed by atoms with van der Waals surface area (Å²) in [6, 6.07) is 4.11. The summed E-state index contributed by atoms with van der Waals surface area (Å²) in [4.78, 5) is 4.91. The molecule has 0 fully saturated rings. The van der Waals surface area contributed by atoms with Gasteiger partial charge in [-0.2, -0.15) is 5.90 Å². The molecule has 1 rings (SSSR count). The highest BCUT2D eigenvalue weighted by molar-refractivity contribution is 5.60. The first-order chi connectivity index (χ1) is 7.60. The van der Waals surface area contributed by atoms with Crippen LogP contribution in [0.5, 0.6) is 5.75 Å². The van der Waals surface area contributed by atoms with E-state index in [1.165, 1.54) is 5.56 Å². The lowest BCUT2D eigenvalue weighted by atomic mass is 9.96. The Hall–Kier alpha value is -1.28. The van der Waals surface area contributed by atoms with Gasteiger partial charge >= 0.3 is 0 Å². The second-order valence-electron chi connectivity index (χ2n) is 3.75. The Kier molecular flexibility index (Phi) is 6.50. The molecule has 0 radical (unpaired) electrons. The molecular formula is C14H23NO. The molecule has 1 aromatic rings. The SMILES string of the molecule is C=Cc1cc(C)cc(C(C)C)c1ON.CC. The third-order valence-electron chi connectivity index (χ3n) is 2.25. The molecule has 0 saturated heterocycles. The van der Waals surface area contributed by atoms with Crippen molar-refractivity contribution in [2.45, 2.75) is 40.5 Å². The molecule has 0 amide bonds. The van der Waals surface area contributed by atoms with Crippen molar-refractivity contribution in [3.05, 3.63) is 35.4 Å². The summed E-state index contributed by atoms with van der Waals surface area (Å²) in [6.45, 7) is 14.0. The van der Waals surface area contributed by atoms with Crippen LogP contribution < -0.4 is 10.7 Å². The highest BCUT2D eigenvalue weighted by Gasteiger charge is 2.11. The van der Waals surface area contributed by atoms with E-state index in [4.69, 9.17) is 10.7 Å². The standard InChI is InChI=1S/C12H17NO.C2H6/c1-5-10-6-9(4)7-11(8(2)3)12(10)14-13;1-2/h5-8H,1,13H2,2-4H3;1-2H3. The van der Waals surface area contributed by atoms with E-state index in [1.807, 2.05) is 19.9 Å². The van der Waals surface area contributed by atoms with Crippen LogP contribution in [0, 0.1) is 6.92 Å². The van der Waals surface area contributed by atoms with Crippen molar-refractivity contribution in [1.29, 1.82) is 0 Å². The van der Waals surface area contributed by atoms with E-state index >= 15 is 0 Å². The maximum atomic E-state index is 5.27. The first kappa shape index (κ1) is 14.7. The summed E-state index contributed by atoms with van der Waals surface area (Å²) in [6.07, 6.45) is 1.76. The zero-order valence-electron chi connectivity index (χ0n) is 11.0. The smallest absolute Gasteiger partial charge is 0.157 e. The van der Waals surface area contributed by atoms with Gasteiger partial charge in [-0.1, -0.05) is 46.4 Å². The van der Waals surface area contributed by atoms with Gasteiger partial charge in [0.05, 0.1) is 0 Å². The van der Waals surface area contributed by atoms with Gasteiger partial charge in [0.1, 0.15) is 0 Å². The Labute approximate surface area is 99.1 Å². The number of benzene rings is 1. The van der Waals surface area contributed by atoms with E-state index in [-0.39, 0.29) is 0 Å². The fourth-order valence-electron chi connectivity index (χ4n) is 1.55. The zero-order chi connectivity index (χ0) is 12.7. The monoisotopic (exact) mass is 221 g/mol. The maximum absolute atomic E-state index is 5.27. The lowest BCUT2D eigenvalue weighted by Gasteiger charge is -2.14. The molecule has 2 N–H and O–H groups in total. The Bertz CT molecular complexity index is 343. The van der Waals surface area contributed by atoms with Gasteiger partial charge in [0.2, 0.25) is 0 Å². The highest BCUT2D eigenvalue weighted by Crippen LogP contribution is 2.31. The Morgan fingerprint density at radius 2 is 1.88 bits per heavy atom. The highest BCUT2D eigenvalue weighted by atomic mass is 16.6. The van der Waals surface area contributed by atoms with Crippen LogP contribution in [-0.2, 0) is 0 Å². The fourth-order valence-corrected chi connectivity index (χ4v) is 1.55. The van der Waals surface area contributed by atoms with Gasteiger partial charge in [-0.05, 0) is 24.5 Å². The molecule has 1 aromatic carbocycles. The van der Waals surface area contributed by atoms with E-state index < -0.39 is 0 Å². The molecule has 0 bridgehead atoms. The molecule has 2 nitrogen and oxygen atoms in total. The molecule has 0 aliphatic heterocycles. The zero-order valence-corrected chi connectivity index (χ0v) is 11.0. The second-order valence-corrected chi connectivity index (χ2v) is 3.75. The van der Waals surface area contributed by atoms with Gasteiger partial charge in [0, 0.05) is 11.1 Å². The van der Waals surface area contributed by atoms with Gasteiger partial charge in [-0.3, -0.25) is 0 Å². The molecule has 0 unspecified atom stereocenters. The second kappa shape index (κ2) is 7.07. The average molecular weight is 221 g/mol. The molecule has 16 heavy (non-hydrogen) atoms. The van der Waals surface area contributed by atoms with Crippen LogP contribution in [0.15, 0.2) is 18.7 Å². The summed E-state index contributed by atoms with van der Waals surface area (Å²) in [7, 11) is 0. The van der Waals surface area contributed by atoms with Gasteiger partial charge in [0.25, 0.3) is 0 Å². The van der Waals surface area contributed by atoms with Gasteiger partial charge in [-0.25, -0.2) is 0 Å². The Balaban J connectivity index is 0.00000106. The molecule has 2 heteroatoms. The van der Waals surface area contributed by atoms with E-state index in [0.29, 0.717) is 5.92 Å². The lowest BCUT2D eigenvalue weighted by molar-refractivity contribution is 0.328. The maximum Gasteiger partial charge on any atom is 0.157 e. The Morgan fingerprint density at radius 3 is 2.25 bits per heavy atom. The Morgan fingerprint density at radius 1 is 1.31 bits per heavy atom. The summed E-state index contributed by atoms with van der Waals surface area (Å²) in [5.41, 5.74) is 3.28. The quantitative estimate of drug-likeness (QED) is 0.782. The summed E-state index contributed by atoms with van der Waals surface area (Å²) >= 11 is 0. The van der Waals surface area contributed by atoms with Gasteiger partial charge in [0.15, 0.2) is 5.75 Å². The summed E-state index contributed by atoms with van der Waals surface area (Å²) < 4.78 is 0. The van der Waals surface area contributed by atoms with Crippen molar-refractivity contribution in [2.75, 3.05) is 0 Å². The molecular weight excluding hydrogens is 198 g/mol. The summed E-state index contributed by atoms with van der Waals surface area (Å²) in [5, 5.41) is 0. The number of nitrogens with two attached hydrogens (primary N) is 1. The van der Waals surface area contributed by atoms with Gasteiger partial charge in [-0.15, -0.1) is 0 Å². The van der Waals surface area contributed by atoms with E-state index in [1.54, 1.807) is 6.08 Å². The van der Waals surface area contributed by atoms with Crippen molar-refractivity contribution in [3.8, 4) is 5.75 Å².